The predicted molar refractivity (Wildman–Crippen MR) is 102 cm³/mol. The standard InChI is InChI=1S/C21H22N2O4/c1-3-13-22-20(15-9-5-4-6-10-15)18(23(25)26)14-17(21(22)24)16-11-7-8-12-19(16)27-2/h3-12,17-18,20H,1,13-14H2,2H3. The Morgan fingerprint density at radius 1 is 1.22 bits per heavy atom. The van der Waals surface area contributed by atoms with Gasteiger partial charge in [0.1, 0.15) is 11.8 Å². The summed E-state index contributed by atoms with van der Waals surface area (Å²) in [6, 6.07) is 14.8. The van der Waals surface area contributed by atoms with Gasteiger partial charge in [0.2, 0.25) is 11.9 Å². The van der Waals surface area contributed by atoms with E-state index in [1.54, 1.807) is 23.1 Å². The molecule has 3 atom stereocenters. The van der Waals surface area contributed by atoms with Crippen LogP contribution in [0.25, 0.3) is 0 Å². The van der Waals surface area contributed by atoms with Gasteiger partial charge < -0.3 is 9.64 Å². The van der Waals surface area contributed by atoms with Gasteiger partial charge in [0.15, 0.2) is 0 Å². The highest BCUT2D eigenvalue weighted by atomic mass is 16.6. The molecule has 1 amide bonds. The van der Waals surface area contributed by atoms with Crippen LogP contribution in [-0.2, 0) is 4.79 Å². The highest BCUT2D eigenvalue weighted by Gasteiger charge is 2.49. The SMILES string of the molecule is C=CCN1C(=O)C(c2ccccc2OC)CC([N+](=O)[O-])C1c1ccccc1. The van der Waals surface area contributed by atoms with Crippen LogP contribution in [-0.4, -0.2) is 35.4 Å². The highest BCUT2D eigenvalue weighted by Crippen LogP contribution is 2.42. The van der Waals surface area contributed by atoms with Crippen molar-refractivity contribution in [2.45, 2.75) is 24.4 Å². The number of nitrogens with zero attached hydrogens (tertiary/aromatic N) is 2. The Morgan fingerprint density at radius 2 is 1.89 bits per heavy atom. The number of methoxy groups -OCH3 is 1. The van der Waals surface area contributed by atoms with E-state index >= 15 is 0 Å². The van der Waals surface area contributed by atoms with Gasteiger partial charge in [-0.1, -0.05) is 54.6 Å². The molecule has 6 nitrogen and oxygen atoms in total. The molecule has 2 aromatic carbocycles. The molecular formula is C21H22N2O4. The molecular weight excluding hydrogens is 344 g/mol. The number of amides is 1. The van der Waals surface area contributed by atoms with Crippen molar-refractivity contribution in [3.8, 4) is 5.75 Å². The predicted octanol–water partition coefficient (Wildman–Crippen LogP) is 3.58. The fourth-order valence-electron chi connectivity index (χ4n) is 3.83. The van der Waals surface area contributed by atoms with E-state index in [2.05, 4.69) is 6.58 Å². The van der Waals surface area contributed by atoms with E-state index in [1.165, 1.54) is 7.11 Å². The minimum absolute atomic E-state index is 0.124. The molecule has 0 radical (unpaired) electrons. The minimum atomic E-state index is -0.917. The molecule has 3 rings (SSSR count). The molecule has 0 aliphatic carbocycles. The lowest BCUT2D eigenvalue weighted by molar-refractivity contribution is -0.534. The van der Waals surface area contributed by atoms with Crippen LogP contribution in [0, 0.1) is 10.1 Å². The number of likely N-dealkylation sites (tertiary alicyclic amines) is 1. The Balaban J connectivity index is 2.08. The summed E-state index contributed by atoms with van der Waals surface area (Å²) in [5.74, 6) is -0.211. The summed E-state index contributed by atoms with van der Waals surface area (Å²) in [5, 5.41) is 11.9. The Kier molecular flexibility index (Phi) is 5.54. The maximum Gasteiger partial charge on any atom is 0.238 e. The van der Waals surface area contributed by atoms with Crippen LogP contribution in [0.5, 0.6) is 5.75 Å². The molecule has 1 heterocycles. The summed E-state index contributed by atoms with van der Waals surface area (Å²) in [5.41, 5.74) is 1.44. The van der Waals surface area contributed by atoms with Crippen molar-refractivity contribution in [3.05, 3.63) is 88.5 Å². The van der Waals surface area contributed by atoms with E-state index in [0.717, 1.165) is 5.56 Å². The van der Waals surface area contributed by atoms with E-state index in [0.29, 0.717) is 11.3 Å². The van der Waals surface area contributed by atoms with E-state index in [1.807, 2.05) is 42.5 Å². The van der Waals surface area contributed by atoms with Gasteiger partial charge in [0.05, 0.1) is 13.0 Å². The number of carbonyl (C=O) groups is 1. The first-order valence-corrected chi connectivity index (χ1v) is 8.81. The Labute approximate surface area is 158 Å². The molecule has 1 aliphatic heterocycles. The van der Waals surface area contributed by atoms with Crippen LogP contribution in [0.2, 0.25) is 0 Å². The highest BCUT2D eigenvalue weighted by molar-refractivity contribution is 5.86. The van der Waals surface area contributed by atoms with Gasteiger partial charge in [0.25, 0.3) is 0 Å². The second-order valence-electron chi connectivity index (χ2n) is 6.52. The van der Waals surface area contributed by atoms with Crippen LogP contribution in [0.15, 0.2) is 67.3 Å². The summed E-state index contributed by atoms with van der Waals surface area (Å²) in [6.07, 6.45) is 1.73. The van der Waals surface area contributed by atoms with Crippen molar-refractivity contribution < 1.29 is 14.5 Å². The van der Waals surface area contributed by atoms with Gasteiger partial charge in [-0.2, -0.15) is 0 Å². The van der Waals surface area contributed by atoms with Gasteiger partial charge >= 0.3 is 0 Å². The zero-order chi connectivity index (χ0) is 19.4. The minimum Gasteiger partial charge on any atom is -0.496 e. The lowest BCUT2D eigenvalue weighted by atomic mass is 9.80. The first kappa shape index (κ1) is 18.6. The van der Waals surface area contributed by atoms with Crippen LogP contribution in [0.1, 0.15) is 29.5 Å². The second kappa shape index (κ2) is 8.03. The van der Waals surface area contributed by atoms with Crippen LogP contribution < -0.4 is 4.74 Å². The molecule has 1 fully saturated rings. The molecule has 0 spiro atoms. The molecule has 3 unspecified atom stereocenters. The average molecular weight is 366 g/mol. The Morgan fingerprint density at radius 3 is 2.52 bits per heavy atom. The van der Waals surface area contributed by atoms with Gasteiger partial charge in [-0.3, -0.25) is 14.9 Å². The number of ether oxygens (including phenoxy) is 1. The van der Waals surface area contributed by atoms with Crippen molar-refractivity contribution in [2.24, 2.45) is 0 Å². The van der Waals surface area contributed by atoms with Crippen molar-refractivity contribution in [3.63, 3.8) is 0 Å². The summed E-state index contributed by atoms with van der Waals surface area (Å²) < 4.78 is 5.39. The summed E-state index contributed by atoms with van der Waals surface area (Å²) in [7, 11) is 1.53. The second-order valence-corrected chi connectivity index (χ2v) is 6.52. The van der Waals surface area contributed by atoms with Crippen molar-refractivity contribution in [2.75, 3.05) is 13.7 Å². The third kappa shape index (κ3) is 3.56. The van der Waals surface area contributed by atoms with E-state index in [9.17, 15) is 14.9 Å². The Bertz CT molecular complexity index is 837. The smallest absolute Gasteiger partial charge is 0.238 e. The number of nitro groups is 1. The van der Waals surface area contributed by atoms with E-state index in [4.69, 9.17) is 4.74 Å². The molecule has 0 N–H and O–H groups in total. The fourth-order valence-corrected chi connectivity index (χ4v) is 3.83. The first-order valence-electron chi connectivity index (χ1n) is 8.81. The molecule has 0 aromatic heterocycles. The monoisotopic (exact) mass is 366 g/mol. The van der Waals surface area contributed by atoms with Crippen molar-refractivity contribution in [1.29, 1.82) is 0 Å². The molecule has 2 aromatic rings. The number of hydrogen-bond donors (Lipinski definition) is 0. The number of rotatable bonds is 6. The number of carbonyl (C=O) groups excluding carboxylic acids is 1. The molecule has 0 bridgehead atoms. The molecule has 1 saturated heterocycles. The lowest BCUT2D eigenvalue weighted by Gasteiger charge is -2.40. The normalized spacial score (nSPS) is 22.3. The zero-order valence-corrected chi connectivity index (χ0v) is 15.2. The fraction of sp³-hybridized carbons (Fsp3) is 0.286. The van der Waals surface area contributed by atoms with Gasteiger partial charge in [-0.05, 0) is 11.6 Å². The van der Waals surface area contributed by atoms with Gasteiger partial charge in [0, 0.05) is 23.5 Å². The van der Waals surface area contributed by atoms with Crippen molar-refractivity contribution in [1.82, 2.24) is 4.90 Å². The molecule has 1 aliphatic rings. The maximum absolute atomic E-state index is 13.3. The van der Waals surface area contributed by atoms with Gasteiger partial charge in [-0.25, -0.2) is 0 Å². The molecule has 140 valence electrons. The van der Waals surface area contributed by atoms with Crippen LogP contribution in [0.4, 0.5) is 0 Å². The zero-order valence-electron chi connectivity index (χ0n) is 15.2. The Hall–Kier alpha value is -3.15. The first-order chi connectivity index (χ1) is 13.1. The maximum atomic E-state index is 13.3. The third-order valence-corrected chi connectivity index (χ3v) is 5.01. The van der Waals surface area contributed by atoms with E-state index in [-0.39, 0.29) is 23.8 Å². The van der Waals surface area contributed by atoms with Crippen LogP contribution in [0.3, 0.4) is 0 Å². The summed E-state index contributed by atoms with van der Waals surface area (Å²) in [6.45, 7) is 3.97. The largest absolute Gasteiger partial charge is 0.496 e. The summed E-state index contributed by atoms with van der Waals surface area (Å²) in [4.78, 5) is 26.6. The van der Waals surface area contributed by atoms with E-state index < -0.39 is 18.0 Å². The number of para-hydroxylation sites is 1. The van der Waals surface area contributed by atoms with Gasteiger partial charge in [-0.15, -0.1) is 6.58 Å². The molecule has 27 heavy (non-hydrogen) atoms. The number of hydrogen-bond acceptors (Lipinski definition) is 4. The molecule has 6 heteroatoms. The quantitative estimate of drug-likeness (QED) is 0.445. The third-order valence-electron chi connectivity index (χ3n) is 5.01. The summed E-state index contributed by atoms with van der Waals surface area (Å²) >= 11 is 0. The topological polar surface area (TPSA) is 72.7 Å². The molecule has 0 saturated carbocycles. The number of piperidine rings is 1. The lowest BCUT2D eigenvalue weighted by Crippen LogP contribution is -2.51. The number of benzene rings is 2. The average Bonchev–Trinajstić information content (AvgIpc) is 2.70. The van der Waals surface area contributed by atoms with Crippen LogP contribution >= 0.6 is 0 Å². The van der Waals surface area contributed by atoms with Crippen molar-refractivity contribution >= 4 is 5.91 Å².